The zero-order chi connectivity index (χ0) is 11.6. The van der Waals surface area contributed by atoms with Crippen LogP contribution in [0, 0.1) is 5.82 Å². The Morgan fingerprint density at radius 3 is 3.08 bits per heavy atom. The lowest BCUT2D eigenvalue weighted by molar-refractivity contribution is 0.0959. The Morgan fingerprint density at radius 2 is 2.50 bits per heavy atom. The van der Waals surface area contributed by atoms with Gasteiger partial charge >= 0.3 is 0 Å². The van der Waals surface area contributed by atoms with Gasteiger partial charge in [-0.05, 0) is 18.2 Å². The van der Waals surface area contributed by atoms with E-state index >= 15 is 0 Å². The summed E-state index contributed by atoms with van der Waals surface area (Å²) in [6.45, 7) is -2.61. The quantitative estimate of drug-likeness (QED) is 0.791. The van der Waals surface area contributed by atoms with Gasteiger partial charge in [-0.25, -0.2) is 4.39 Å². The number of amides is 1. The molecule has 0 aliphatic rings. The SMILES string of the molecule is [2H]C([2H])([2H])NC(=O)c1ccc(Br)cc1F. The van der Waals surface area contributed by atoms with Gasteiger partial charge in [0.1, 0.15) is 5.82 Å². The molecule has 4 heteroatoms. The van der Waals surface area contributed by atoms with Crippen molar-refractivity contribution < 1.29 is 13.3 Å². The Labute approximate surface area is 82.1 Å². The smallest absolute Gasteiger partial charge is 0.253 e. The second-order valence-electron chi connectivity index (χ2n) is 2.08. The molecule has 0 aliphatic heterocycles. The topological polar surface area (TPSA) is 29.1 Å². The van der Waals surface area contributed by atoms with Crippen LogP contribution in [-0.2, 0) is 0 Å². The average molecular weight is 235 g/mol. The van der Waals surface area contributed by atoms with E-state index in [4.69, 9.17) is 4.11 Å². The molecule has 0 spiro atoms. The van der Waals surface area contributed by atoms with Crippen LogP contribution >= 0.6 is 15.9 Å². The van der Waals surface area contributed by atoms with Crippen molar-refractivity contribution in [2.45, 2.75) is 0 Å². The molecule has 0 atom stereocenters. The first-order valence-electron chi connectivity index (χ1n) is 4.57. The van der Waals surface area contributed by atoms with Gasteiger partial charge in [0.05, 0.1) is 5.56 Å². The number of nitrogens with one attached hydrogen (secondary N) is 1. The van der Waals surface area contributed by atoms with Gasteiger partial charge in [-0.3, -0.25) is 4.79 Å². The van der Waals surface area contributed by atoms with Crippen LogP contribution in [0.5, 0.6) is 0 Å². The van der Waals surface area contributed by atoms with Gasteiger partial charge in [-0.1, -0.05) is 15.9 Å². The molecule has 0 heterocycles. The molecule has 1 amide bonds. The average Bonchev–Trinajstić information content (AvgIpc) is 1.99. The van der Waals surface area contributed by atoms with E-state index < -0.39 is 18.7 Å². The lowest BCUT2D eigenvalue weighted by atomic mass is 10.2. The number of benzene rings is 1. The summed E-state index contributed by atoms with van der Waals surface area (Å²) in [6.07, 6.45) is 0. The Kier molecular flexibility index (Phi) is 1.74. The first-order chi connectivity index (χ1) is 6.79. The molecule has 0 aliphatic carbocycles. The van der Waals surface area contributed by atoms with Gasteiger partial charge < -0.3 is 5.32 Å². The predicted molar refractivity (Wildman–Crippen MR) is 47.5 cm³/mol. The molecule has 0 unspecified atom stereocenters. The van der Waals surface area contributed by atoms with Crippen LogP contribution < -0.4 is 5.32 Å². The van der Waals surface area contributed by atoms with E-state index in [9.17, 15) is 9.18 Å². The summed E-state index contributed by atoms with van der Waals surface area (Å²) in [5, 5.41) is 1.70. The Balaban J connectivity index is 2.92. The van der Waals surface area contributed by atoms with Gasteiger partial charge in [-0.15, -0.1) is 0 Å². The number of carbonyl (C=O) groups excluding carboxylic acids is 1. The maximum Gasteiger partial charge on any atom is 0.253 e. The summed E-state index contributed by atoms with van der Waals surface area (Å²) in [4.78, 5) is 11.3. The first-order valence-corrected chi connectivity index (χ1v) is 3.86. The largest absolute Gasteiger partial charge is 0.355 e. The van der Waals surface area contributed by atoms with E-state index in [1.165, 1.54) is 12.1 Å². The molecule has 2 nitrogen and oxygen atoms in total. The number of hydrogen-bond acceptors (Lipinski definition) is 1. The van der Waals surface area contributed by atoms with Gasteiger partial charge in [0.2, 0.25) is 0 Å². The molecular weight excluding hydrogens is 225 g/mol. The Morgan fingerprint density at radius 1 is 1.75 bits per heavy atom. The lowest BCUT2D eigenvalue weighted by Crippen LogP contribution is -2.19. The zero-order valence-corrected chi connectivity index (χ0v) is 7.48. The molecule has 0 fully saturated rings. The normalized spacial score (nSPS) is 14.3. The minimum Gasteiger partial charge on any atom is -0.355 e. The Hall–Kier alpha value is -0.900. The number of halogens is 2. The zero-order valence-electron chi connectivity index (χ0n) is 8.90. The van der Waals surface area contributed by atoms with Crippen LogP contribution in [0.25, 0.3) is 0 Å². The number of hydrogen-bond donors (Lipinski definition) is 1. The summed E-state index contributed by atoms with van der Waals surface area (Å²) in [7, 11) is 0. The number of rotatable bonds is 1. The fourth-order valence-corrected chi connectivity index (χ4v) is 1.07. The molecule has 0 aromatic heterocycles. The third kappa shape index (κ3) is 1.82. The molecule has 64 valence electrons. The van der Waals surface area contributed by atoms with Crippen molar-refractivity contribution in [3.05, 3.63) is 34.1 Å². The van der Waals surface area contributed by atoms with Gasteiger partial charge in [0, 0.05) is 15.6 Å². The van der Waals surface area contributed by atoms with E-state index in [1.807, 2.05) is 0 Å². The Bertz CT molecular complexity index is 394. The van der Waals surface area contributed by atoms with Gasteiger partial charge in [0.15, 0.2) is 0 Å². The van der Waals surface area contributed by atoms with Crippen molar-refractivity contribution in [1.29, 1.82) is 0 Å². The second-order valence-corrected chi connectivity index (χ2v) is 2.99. The van der Waals surface area contributed by atoms with Crippen molar-refractivity contribution in [2.24, 2.45) is 0 Å². The maximum absolute atomic E-state index is 13.2. The molecule has 0 radical (unpaired) electrons. The maximum atomic E-state index is 13.2. The third-order valence-corrected chi connectivity index (χ3v) is 1.78. The minimum atomic E-state index is -2.61. The van der Waals surface area contributed by atoms with Crippen molar-refractivity contribution >= 4 is 21.8 Å². The molecule has 1 aromatic rings. The number of carbonyl (C=O) groups is 1. The van der Waals surface area contributed by atoms with E-state index in [1.54, 1.807) is 5.32 Å². The molecule has 0 saturated heterocycles. The van der Waals surface area contributed by atoms with Gasteiger partial charge in [-0.2, -0.15) is 0 Å². The highest BCUT2D eigenvalue weighted by Gasteiger charge is 2.08. The van der Waals surface area contributed by atoms with Crippen LogP contribution in [0.3, 0.4) is 0 Å². The molecule has 0 bridgehead atoms. The minimum absolute atomic E-state index is 0.297. The molecule has 1 rings (SSSR count). The van der Waals surface area contributed by atoms with Crippen molar-refractivity contribution in [1.82, 2.24) is 5.32 Å². The van der Waals surface area contributed by atoms with Crippen molar-refractivity contribution in [3.63, 3.8) is 0 Å². The summed E-state index contributed by atoms with van der Waals surface area (Å²) >= 11 is 3.02. The summed E-state index contributed by atoms with van der Waals surface area (Å²) in [6, 6.07) is 3.76. The molecule has 12 heavy (non-hydrogen) atoms. The highest BCUT2D eigenvalue weighted by Crippen LogP contribution is 2.14. The van der Waals surface area contributed by atoms with Crippen LogP contribution in [0.15, 0.2) is 22.7 Å². The second kappa shape index (κ2) is 3.67. The highest BCUT2D eigenvalue weighted by atomic mass is 79.9. The van der Waals surface area contributed by atoms with Crippen molar-refractivity contribution in [2.75, 3.05) is 6.98 Å². The fraction of sp³-hybridized carbons (Fsp3) is 0.125. The first kappa shape index (κ1) is 5.70. The monoisotopic (exact) mass is 234 g/mol. The summed E-state index contributed by atoms with van der Waals surface area (Å²) in [5.41, 5.74) is -0.297. The van der Waals surface area contributed by atoms with E-state index in [0.29, 0.717) is 4.47 Å². The predicted octanol–water partition coefficient (Wildman–Crippen LogP) is 1.95. The van der Waals surface area contributed by atoms with Crippen molar-refractivity contribution in [3.8, 4) is 0 Å². The van der Waals surface area contributed by atoms with E-state index in [0.717, 1.165) is 6.07 Å². The third-order valence-electron chi connectivity index (χ3n) is 1.29. The molecule has 1 N–H and O–H groups in total. The molecular formula is C8H7BrFNO. The molecule has 1 aromatic carbocycles. The highest BCUT2D eigenvalue weighted by molar-refractivity contribution is 9.10. The van der Waals surface area contributed by atoms with Crippen LogP contribution in [0.1, 0.15) is 14.5 Å². The lowest BCUT2D eigenvalue weighted by Gasteiger charge is -2.00. The standard InChI is InChI=1S/C8H7BrFNO/c1-11-8(12)6-3-2-5(9)4-7(6)10/h2-4H,1H3,(H,11,12)/i1D3. The van der Waals surface area contributed by atoms with Crippen LogP contribution in [0.2, 0.25) is 0 Å². The van der Waals surface area contributed by atoms with Crippen LogP contribution in [-0.4, -0.2) is 12.9 Å². The van der Waals surface area contributed by atoms with Gasteiger partial charge in [0.25, 0.3) is 5.91 Å². The summed E-state index contributed by atoms with van der Waals surface area (Å²) < 4.78 is 34.1. The van der Waals surface area contributed by atoms with E-state index in [2.05, 4.69) is 15.9 Å². The molecule has 0 saturated carbocycles. The fourth-order valence-electron chi connectivity index (χ4n) is 0.741. The van der Waals surface area contributed by atoms with E-state index in [-0.39, 0.29) is 5.56 Å². The summed E-state index contributed by atoms with van der Waals surface area (Å²) in [5.74, 6) is -1.73. The van der Waals surface area contributed by atoms with Crippen LogP contribution in [0.4, 0.5) is 4.39 Å².